The summed E-state index contributed by atoms with van der Waals surface area (Å²) >= 11 is 0. The maximum absolute atomic E-state index is 12.9. The molecule has 3 heteroatoms. The van der Waals surface area contributed by atoms with Gasteiger partial charge in [-0.25, -0.2) is 0 Å². The zero-order valence-electron chi connectivity index (χ0n) is 12.7. The molecule has 1 unspecified atom stereocenters. The maximum Gasteiger partial charge on any atom is 0.196 e. The molecule has 0 saturated carbocycles. The van der Waals surface area contributed by atoms with Crippen molar-refractivity contribution in [2.75, 3.05) is 6.61 Å². The summed E-state index contributed by atoms with van der Waals surface area (Å²) in [5.74, 6) is -0.0541. The summed E-state index contributed by atoms with van der Waals surface area (Å²) in [5.41, 5.74) is 2.39. The molecule has 0 spiro atoms. The van der Waals surface area contributed by atoms with Gasteiger partial charge in [-0.05, 0) is 24.5 Å². The van der Waals surface area contributed by atoms with Crippen LogP contribution in [0.25, 0.3) is 0 Å². The van der Waals surface area contributed by atoms with Gasteiger partial charge in [0.2, 0.25) is 0 Å². The van der Waals surface area contributed by atoms with Crippen LogP contribution >= 0.6 is 0 Å². The lowest BCUT2D eigenvalue weighted by Gasteiger charge is -2.18. The second-order valence-electron chi connectivity index (χ2n) is 4.93. The van der Waals surface area contributed by atoms with Crippen molar-refractivity contribution in [2.45, 2.75) is 25.9 Å². The molecule has 0 fully saturated rings. The summed E-state index contributed by atoms with van der Waals surface area (Å²) in [5, 5.41) is 8.77. The predicted molar refractivity (Wildman–Crippen MR) is 85.5 cm³/mol. The van der Waals surface area contributed by atoms with Crippen LogP contribution in [-0.2, 0) is 11.2 Å². The Morgan fingerprint density at radius 2 is 1.82 bits per heavy atom. The van der Waals surface area contributed by atoms with Crippen molar-refractivity contribution in [3.63, 3.8) is 0 Å². The van der Waals surface area contributed by atoms with E-state index in [4.69, 9.17) is 10.00 Å². The van der Waals surface area contributed by atoms with E-state index in [-0.39, 0.29) is 5.78 Å². The van der Waals surface area contributed by atoms with Gasteiger partial charge >= 0.3 is 0 Å². The van der Waals surface area contributed by atoms with E-state index in [9.17, 15) is 4.79 Å². The monoisotopic (exact) mass is 293 g/mol. The van der Waals surface area contributed by atoms with Crippen molar-refractivity contribution in [1.29, 1.82) is 5.26 Å². The number of nitrogens with zero attached hydrogens (tertiary/aromatic N) is 1. The molecule has 22 heavy (non-hydrogen) atoms. The van der Waals surface area contributed by atoms with E-state index in [1.807, 2.05) is 61.5 Å². The molecule has 112 valence electrons. The average molecular weight is 293 g/mol. The summed E-state index contributed by atoms with van der Waals surface area (Å²) in [6.07, 6.45) is 0.371. The van der Waals surface area contributed by atoms with Crippen LogP contribution in [-0.4, -0.2) is 12.4 Å². The quantitative estimate of drug-likeness (QED) is 0.722. The molecule has 1 atom stereocenters. The normalized spacial score (nSPS) is 11.6. The van der Waals surface area contributed by atoms with E-state index in [1.54, 1.807) is 0 Å². The predicted octanol–water partition coefficient (Wildman–Crippen LogP) is 4.10. The van der Waals surface area contributed by atoms with Gasteiger partial charge in [-0.15, -0.1) is 0 Å². The Morgan fingerprint density at radius 1 is 1.14 bits per heavy atom. The number of carbonyl (C=O) groups excluding carboxylic acids is 1. The number of Topliss-reactive ketones (excluding diaryl/α,β-unsaturated/α-hetero) is 1. The van der Waals surface area contributed by atoms with Crippen LogP contribution in [0.1, 0.15) is 40.9 Å². The van der Waals surface area contributed by atoms with Crippen molar-refractivity contribution < 1.29 is 9.53 Å². The van der Waals surface area contributed by atoms with E-state index in [2.05, 4.69) is 6.07 Å². The van der Waals surface area contributed by atoms with E-state index in [0.717, 1.165) is 11.1 Å². The first-order valence-corrected chi connectivity index (χ1v) is 7.43. The van der Waals surface area contributed by atoms with Crippen LogP contribution in [0.15, 0.2) is 54.6 Å². The van der Waals surface area contributed by atoms with Gasteiger partial charge in [0, 0.05) is 18.6 Å². The number of hydrogen-bond donors (Lipinski definition) is 0. The van der Waals surface area contributed by atoms with Crippen LogP contribution in [0, 0.1) is 11.3 Å². The van der Waals surface area contributed by atoms with Gasteiger partial charge in [-0.1, -0.05) is 54.6 Å². The highest BCUT2D eigenvalue weighted by atomic mass is 16.5. The molecule has 0 aliphatic carbocycles. The Labute approximate surface area is 131 Å². The molecule has 2 rings (SSSR count). The van der Waals surface area contributed by atoms with Gasteiger partial charge in [0.25, 0.3) is 0 Å². The minimum atomic E-state index is -0.602. The fourth-order valence-corrected chi connectivity index (χ4v) is 2.43. The second kappa shape index (κ2) is 8.11. The zero-order chi connectivity index (χ0) is 15.8. The highest BCUT2D eigenvalue weighted by Crippen LogP contribution is 2.24. The van der Waals surface area contributed by atoms with Crippen molar-refractivity contribution in [3.8, 4) is 6.07 Å². The first-order valence-electron chi connectivity index (χ1n) is 7.43. The number of rotatable bonds is 7. The molecule has 0 aliphatic rings. The zero-order valence-corrected chi connectivity index (χ0v) is 12.7. The lowest BCUT2D eigenvalue weighted by atomic mass is 9.94. The molecule has 2 aromatic carbocycles. The molecule has 2 aromatic rings. The first kappa shape index (κ1) is 15.9. The lowest BCUT2D eigenvalue weighted by Crippen LogP contribution is -2.18. The molecular formula is C19H19NO2. The highest BCUT2D eigenvalue weighted by Gasteiger charge is 2.24. The van der Waals surface area contributed by atoms with Crippen LogP contribution in [0.3, 0.4) is 0 Å². The van der Waals surface area contributed by atoms with E-state index >= 15 is 0 Å². The molecule has 0 radical (unpaired) electrons. The van der Waals surface area contributed by atoms with Crippen molar-refractivity contribution in [1.82, 2.24) is 0 Å². The fourth-order valence-electron chi connectivity index (χ4n) is 2.43. The number of ether oxygens (including phenoxy) is 1. The number of hydrogen-bond acceptors (Lipinski definition) is 3. The molecule has 0 N–H and O–H groups in total. The van der Waals surface area contributed by atoms with Gasteiger partial charge < -0.3 is 4.74 Å². The van der Waals surface area contributed by atoms with Gasteiger partial charge in [0.15, 0.2) is 5.78 Å². The van der Waals surface area contributed by atoms with E-state index in [0.29, 0.717) is 25.0 Å². The highest BCUT2D eigenvalue weighted by molar-refractivity contribution is 6.01. The van der Waals surface area contributed by atoms with Crippen molar-refractivity contribution >= 4 is 5.78 Å². The molecular weight excluding hydrogens is 274 g/mol. The average Bonchev–Trinajstić information content (AvgIpc) is 2.58. The van der Waals surface area contributed by atoms with Gasteiger partial charge in [0.05, 0.1) is 6.07 Å². The molecule has 0 amide bonds. The third-order valence-corrected chi connectivity index (χ3v) is 3.46. The Hall–Kier alpha value is -2.44. The van der Waals surface area contributed by atoms with E-state index < -0.39 is 6.10 Å². The van der Waals surface area contributed by atoms with Gasteiger partial charge in [-0.2, -0.15) is 5.26 Å². The standard InChI is InChI=1S/C19H19NO2/c1-2-22-19(16-10-4-3-5-11-16)18(21)17-13-7-6-9-15(17)12-8-14-20/h3-7,9-11,13,19H,2,8,12H2,1H3. The molecule has 3 nitrogen and oxygen atoms in total. The van der Waals surface area contributed by atoms with Gasteiger partial charge in [0.1, 0.15) is 6.10 Å². The summed E-state index contributed by atoms with van der Waals surface area (Å²) < 4.78 is 5.69. The Kier molecular flexibility index (Phi) is 5.88. The van der Waals surface area contributed by atoms with E-state index in [1.165, 1.54) is 0 Å². The van der Waals surface area contributed by atoms with Crippen molar-refractivity contribution in [2.24, 2.45) is 0 Å². The summed E-state index contributed by atoms with van der Waals surface area (Å²) in [4.78, 5) is 12.9. The topological polar surface area (TPSA) is 50.1 Å². The fraction of sp³-hybridized carbons (Fsp3) is 0.263. The SMILES string of the molecule is CCOC(C(=O)c1ccccc1CCC#N)c1ccccc1. The number of benzene rings is 2. The molecule has 0 aliphatic heterocycles. The second-order valence-corrected chi connectivity index (χ2v) is 4.93. The maximum atomic E-state index is 12.9. The molecule has 0 bridgehead atoms. The van der Waals surface area contributed by atoms with Crippen LogP contribution in [0.5, 0.6) is 0 Å². The summed E-state index contributed by atoms with van der Waals surface area (Å²) in [6.45, 7) is 2.34. The summed E-state index contributed by atoms with van der Waals surface area (Å²) in [7, 11) is 0. The Balaban J connectivity index is 2.34. The molecule has 0 aromatic heterocycles. The third-order valence-electron chi connectivity index (χ3n) is 3.46. The number of nitriles is 1. The van der Waals surface area contributed by atoms with Gasteiger partial charge in [-0.3, -0.25) is 4.79 Å². The lowest BCUT2D eigenvalue weighted by molar-refractivity contribution is 0.0451. The number of ketones is 1. The first-order chi connectivity index (χ1) is 10.8. The number of aryl methyl sites for hydroxylation is 1. The minimum absolute atomic E-state index is 0.0541. The van der Waals surface area contributed by atoms with Crippen LogP contribution in [0.4, 0.5) is 0 Å². The Bertz CT molecular complexity index is 659. The largest absolute Gasteiger partial charge is 0.366 e. The van der Waals surface area contributed by atoms with Crippen LogP contribution in [0.2, 0.25) is 0 Å². The third kappa shape index (κ3) is 3.81. The van der Waals surface area contributed by atoms with Crippen LogP contribution < -0.4 is 0 Å². The smallest absolute Gasteiger partial charge is 0.196 e. The summed E-state index contributed by atoms with van der Waals surface area (Å²) in [6, 6.07) is 19.1. The molecule has 0 saturated heterocycles. The minimum Gasteiger partial charge on any atom is -0.366 e. The Morgan fingerprint density at radius 3 is 2.50 bits per heavy atom. The molecule has 0 heterocycles. The van der Waals surface area contributed by atoms with Crippen molar-refractivity contribution in [3.05, 3.63) is 71.3 Å². The number of carbonyl (C=O) groups is 1.